The van der Waals surface area contributed by atoms with Crippen molar-refractivity contribution in [3.05, 3.63) is 34.4 Å². The highest BCUT2D eigenvalue weighted by Gasteiger charge is 2.40. The first-order valence-electron chi connectivity index (χ1n) is 5.51. The van der Waals surface area contributed by atoms with Crippen molar-refractivity contribution in [3.8, 4) is 0 Å². The van der Waals surface area contributed by atoms with Crippen LogP contribution in [0.3, 0.4) is 0 Å². The largest absolute Gasteiger partial charge is 0.481 e. The molecule has 0 bridgehead atoms. The number of carboxylic acids is 1. The lowest BCUT2D eigenvalue weighted by atomic mass is 10.2. The minimum atomic E-state index is -1.21. The number of carbonyl (C=O) groups excluding carboxylic acids is 2. The molecule has 3 amide bonds. The van der Waals surface area contributed by atoms with E-state index in [1.54, 1.807) is 0 Å². The second kappa shape index (κ2) is 4.96. The van der Waals surface area contributed by atoms with Crippen molar-refractivity contribution in [2.45, 2.75) is 12.5 Å². The number of hydrogen-bond donors (Lipinski definition) is 2. The maximum absolute atomic E-state index is 11.9. The zero-order valence-electron chi connectivity index (χ0n) is 9.98. The monoisotopic (exact) mass is 279 g/mol. The number of nitro benzene ring substituents is 1. The van der Waals surface area contributed by atoms with Gasteiger partial charge in [-0.1, -0.05) is 0 Å². The Morgan fingerprint density at radius 1 is 1.35 bits per heavy atom. The number of rotatable bonds is 4. The number of carboxylic acid groups (broad SMARTS) is 1. The lowest BCUT2D eigenvalue weighted by Gasteiger charge is -2.12. The number of nitrogens with zero attached hydrogens (tertiary/aromatic N) is 2. The summed E-state index contributed by atoms with van der Waals surface area (Å²) in [6, 6.07) is 2.92. The molecule has 1 saturated heterocycles. The van der Waals surface area contributed by atoms with Crippen LogP contribution in [0.2, 0.25) is 0 Å². The van der Waals surface area contributed by atoms with E-state index in [1.807, 2.05) is 0 Å². The number of non-ortho nitro benzene ring substituents is 1. The van der Waals surface area contributed by atoms with Gasteiger partial charge < -0.3 is 10.4 Å². The maximum Gasteiger partial charge on any atom is 0.329 e. The molecule has 1 aliphatic rings. The van der Waals surface area contributed by atoms with E-state index in [1.165, 1.54) is 12.1 Å². The first kappa shape index (κ1) is 13.5. The second-order valence-corrected chi connectivity index (χ2v) is 4.05. The van der Waals surface area contributed by atoms with Gasteiger partial charge >= 0.3 is 12.0 Å². The highest BCUT2D eigenvalue weighted by Crippen LogP contribution is 2.23. The summed E-state index contributed by atoms with van der Waals surface area (Å²) in [6.45, 7) is 0. The number of amides is 3. The molecule has 9 nitrogen and oxygen atoms in total. The molecule has 1 aromatic rings. The van der Waals surface area contributed by atoms with Crippen LogP contribution in [0.15, 0.2) is 24.3 Å². The summed E-state index contributed by atoms with van der Waals surface area (Å²) in [5.41, 5.74) is -0.0334. The third-order valence-corrected chi connectivity index (χ3v) is 2.72. The third kappa shape index (κ3) is 2.41. The Morgan fingerprint density at radius 2 is 1.95 bits per heavy atom. The second-order valence-electron chi connectivity index (χ2n) is 4.05. The summed E-state index contributed by atoms with van der Waals surface area (Å²) in [6.07, 6.45) is -0.520. The topological polar surface area (TPSA) is 130 Å². The lowest BCUT2D eigenvalue weighted by Crippen LogP contribution is -2.32. The summed E-state index contributed by atoms with van der Waals surface area (Å²) < 4.78 is 0. The number of hydrogen-bond acceptors (Lipinski definition) is 5. The summed E-state index contributed by atoms with van der Waals surface area (Å²) in [7, 11) is 0. The van der Waals surface area contributed by atoms with Gasteiger partial charge in [-0.25, -0.2) is 9.69 Å². The number of carbonyl (C=O) groups is 3. The third-order valence-electron chi connectivity index (χ3n) is 2.72. The molecule has 20 heavy (non-hydrogen) atoms. The highest BCUT2D eigenvalue weighted by molar-refractivity contribution is 6.21. The molecule has 2 rings (SSSR count). The van der Waals surface area contributed by atoms with Crippen LogP contribution in [0.5, 0.6) is 0 Å². The van der Waals surface area contributed by atoms with Crippen molar-refractivity contribution in [2.75, 3.05) is 4.90 Å². The number of nitrogens with one attached hydrogen (secondary N) is 1. The molecular weight excluding hydrogens is 270 g/mol. The molecule has 0 aromatic heterocycles. The molecule has 0 spiro atoms. The number of urea groups is 1. The fourth-order valence-electron chi connectivity index (χ4n) is 1.81. The molecule has 0 saturated carbocycles. The number of imide groups is 1. The molecule has 1 fully saturated rings. The summed E-state index contributed by atoms with van der Waals surface area (Å²) in [4.78, 5) is 44.8. The lowest BCUT2D eigenvalue weighted by molar-refractivity contribution is -0.384. The molecule has 1 unspecified atom stereocenters. The Balaban J connectivity index is 2.24. The Morgan fingerprint density at radius 3 is 2.45 bits per heavy atom. The van der Waals surface area contributed by atoms with Crippen LogP contribution in [0.1, 0.15) is 6.42 Å². The molecular formula is C11H9N3O6. The van der Waals surface area contributed by atoms with Gasteiger partial charge in [-0.3, -0.25) is 19.7 Å². The summed E-state index contributed by atoms with van der Waals surface area (Å²) in [5.74, 6) is -1.92. The van der Waals surface area contributed by atoms with Crippen molar-refractivity contribution in [1.82, 2.24) is 5.32 Å². The number of anilines is 1. The van der Waals surface area contributed by atoms with Gasteiger partial charge in [-0.05, 0) is 12.1 Å². The van der Waals surface area contributed by atoms with Crippen molar-refractivity contribution < 1.29 is 24.4 Å². The minimum absolute atomic E-state index is 0.144. The standard InChI is InChI=1S/C11H9N3O6/c15-9(16)5-8-10(17)13(11(18)12-8)6-1-3-7(4-2-6)14(19)20/h1-4,8H,5H2,(H,12,18)(H,15,16). The van der Waals surface area contributed by atoms with Gasteiger partial charge in [0.1, 0.15) is 6.04 Å². The van der Waals surface area contributed by atoms with Gasteiger partial charge in [0.15, 0.2) is 0 Å². The van der Waals surface area contributed by atoms with Crippen molar-refractivity contribution in [1.29, 1.82) is 0 Å². The average molecular weight is 279 g/mol. The molecule has 0 aliphatic carbocycles. The Labute approximate surface area is 111 Å². The molecule has 0 radical (unpaired) electrons. The number of benzene rings is 1. The van der Waals surface area contributed by atoms with Crippen molar-refractivity contribution >= 4 is 29.3 Å². The Hall–Kier alpha value is -2.97. The smallest absolute Gasteiger partial charge is 0.329 e. The molecule has 1 atom stereocenters. The Kier molecular flexibility index (Phi) is 3.34. The van der Waals surface area contributed by atoms with Crippen LogP contribution in [-0.4, -0.2) is 34.0 Å². The molecule has 1 aromatic carbocycles. The van der Waals surface area contributed by atoms with Crippen LogP contribution in [0.25, 0.3) is 0 Å². The Bertz CT molecular complexity index is 597. The van der Waals surface area contributed by atoms with Gasteiger partial charge in [0.2, 0.25) is 0 Å². The van der Waals surface area contributed by atoms with E-state index in [0.717, 1.165) is 17.0 Å². The first-order chi connectivity index (χ1) is 9.40. The van der Waals surface area contributed by atoms with E-state index < -0.39 is 35.3 Å². The average Bonchev–Trinajstić information content (AvgIpc) is 2.64. The van der Waals surface area contributed by atoms with Gasteiger partial charge in [-0.15, -0.1) is 0 Å². The molecule has 1 aliphatic heterocycles. The molecule has 2 N–H and O–H groups in total. The van der Waals surface area contributed by atoms with Crippen molar-refractivity contribution in [3.63, 3.8) is 0 Å². The predicted octanol–water partition coefficient (Wildman–Crippen LogP) is 0.494. The highest BCUT2D eigenvalue weighted by atomic mass is 16.6. The molecule has 104 valence electrons. The SMILES string of the molecule is O=C(O)CC1NC(=O)N(c2ccc([N+](=O)[O-])cc2)C1=O. The van der Waals surface area contributed by atoms with Crippen LogP contribution in [0.4, 0.5) is 16.2 Å². The normalized spacial score (nSPS) is 18.0. The van der Waals surface area contributed by atoms with Gasteiger partial charge in [0, 0.05) is 12.1 Å². The van der Waals surface area contributed by atoms with E-state index >= 15 is 0 Å². The van der Waals surface area contributed by atoms with E-state index in [0.29, 0.717) is 0 Å². The minimum Gasteiger partial charge on any atom is -0.481 e. The van der Waals surface area contributed by atoms with Crippen LogP contribution < -0.4 is 10.2 Å². The number of nitro groups is 1. The number of aliphatic carboxylic acids is 1. The van der Waals surface area contributed by atoms with Crippen LogP contribution in [0, 0.1) is 10.1 Å². The molecule has 9 heteroatoms. The summed E-state index contributed by atoms with van der Waals surface area (Å²) in [5, 5.41) is 21.4. The first-order valence-corrected chi connectivity index (χ1v) is 5.51. The van der Waals surface area contributed by atoms with Gasteiger partial charge in [0.05, 0.1) is 17.0 Å². The zero-order chi connectivity index (χ0) is 14.9. The van der Waals surface area contributed by atoms with E-state index in [2.05, 4.69) is 5.32 Å². The summed E-state index contributed by atoms with van der Waals surface area (Å²) >= 11 is 0. The quantitative estimate of drug-likeness (QED) is 0.468. The fraction of sp³-hybridized carbons (Fsp3) is 0.182. The fourth-order valence-corrected chi connectivity index (χ4v) is 1.81. The molecule has 1 heterocycles. The maximum atomic E-state index is 11.9. The van der Waals surface area contributed by atoms with E-state index in [-0.39, 0.29) is 11.4 Å². The van der Waals surface area contributed by atoms with Crippen LogP contribution in [-0.2, 0) is 9.59 Å². The van der Waals surface area contributed by atoms with Gasteiger partial charge in [-0.2, -0.15) is 0 Å². The predicted molar refractivity (Wildman–Crippen MR) is 65.2 cm³/mol. The zero-order valence-corrected chi connectivity index (χ0v) is 9.98. The van der Waals surface area contributed by atoms with E-state index in [4.69, 9.17) is 5.11 Å². The van der Waals surface area contributed by atoms with Crippen LogP contribution >= 0.6 is 0 Å². The van der Waals surface area contributed by atoms with E-state index in [9.17, 15) is 24.5 Å². The van der Waals surface area contributed by atoms with Crippen molar-refractivity contribution in [2.24, 2.45) is 0 Å². The van der Waals surface area contributed by atoms with Gasteiger partial charge in [0.25, 0.3) is 11.6 Å².